The molecule has 0 aliphatic carbocycles. The third-order valence-electron chi connectivity index (χ3n) is 8.76. The molecule has 4 aromatic carbocycles. The molecule has 0 bridgehead atoms. The fraction of sp³-hybridized carbons (Fsp3) is 0.333. The number of carboxylic acids is 1. The largest absolute Gasteiger partial charge is 0.495 e. The van der Waals surface area contributed by atoms with Gasteiger partial charge < -0.3 is 24.1 Å². The molecule has 0 saturated carbocycles. The van der Waals surface area contributed by atoms with Crippen molar-refractivity contribution >= 4 is 11.9 Å². The molecule has 0 amide bonds. The Kier molecular flexibility index (Phi) is 11.7. The van der Waals surface area contributed by atoms with Crippen LogP contribution in [-0.4, -0.2) is 49.3 Å². The zero-order valence-electron chi connectivity index (χ0n) is 28.7. The van der Waals surface area contributed by atoms with Gasteiger partial charge in [0, 0.05) is 30.8 Å². The number of benzene rings is 4. The van der Waals surface area contributed by atoms with Gasteiger partial charge in [0.2, 0.25) is 0 Å². The first-order valence-corrected chi connectivity index (χ1v) is 15.7. The number of aromatic carboxylic acids is 1. The molecule has 0 fully saturated rings. The molecule has 0 radical (unpaired) electrons. The number of carboxylic acid groups (broad SMARTS) is 1. The molecule has 0 aromatic heterocycles. The lowest BCUT2D eigenvalue weighted by Gasteiger charge is -2.24. The molecule has 4 aromatic rings. The molecule has 47 heavy (non-hydrogen) atoms. The Bertz CT molecular complexity index is 1690. The Hall–Kier alpha value is -4.82. The molecule has 8 nitrogen and oxygen atoms in total. The molecule has 0 heterocycles. The van der Waals surface area contributed by atoms with Crippen molar-refractivity contribution in [3.05, 3.63) is 116 Å². The van der Waals surface area contributed by atoms with Crippen molar-refractivity contribution in [3.8, 4) is 23.0 Å². The lowest BCUT2D eigenvalue weighted by Crippen LogP contribution is -2.25. The molecule has 0 saturated heterocycles. The van der Waals surface area contributed by atoms with Gasteiger partial charge in [-0.05, 0) is 81.3 Å². The van der Waals surface area contributed by atoms with Crippen LogP contribution in [0.4, 0.5) is 0 Å². The zero-order chi connectivity index (χ0) is 34.2. The summed E-state index contributed by atoms with van der Waals surface area (Å²) in [6.45, 7) is 13.7. The minimum atomic E-state index is -1.11. The van der Waals surface area contributed by atoms with E-state index in [0.717, 1.165) is 31.6 Å². The molecule has 0 aliphatic rings. The van der Waals surface area contributed by atoms with Gasteiger partial charge >= 0.3 is 11.9 Å². The fourth-order valence-corrected chi connectivity index (χ4v) is 6.09. The van der Waals surface area contributed by atoms with Gasteiger partial charge in [-0.15, -0.1) is 0 Å². The molecule has 1 N–H and O–H groups in total. The van der Waals surface area contributed by atoms with Crippen LogP contribution in [0.15, 0.2) is 60.7 Å². The standard InChI is InChI=1S/C39H45NO7/c1-24-27(4)35(29(6)36(44-7)32(24)38(41)42)47-39(43)33-25(2)26(3)34(28(5)37(33)45-8)46-21-15-20-40(22-30-16-11-9-12-17-30)23-31-18-13-10-14-19-31/h9-14,16-19H,15,20-23H2,1-8H3,(H,41,42). The van der Waals surface area contributed by atoms with E-state index in [-0.39, 0.29) is 17.1 Å². The highest BCUT2D eigenvalue weighted by atomic mass is 16.5. The van der Waals surface area contributed by atoms with Crippen LogP contribution in [0.5, 0.6) is 23.0 Å². The van der Waals surface area contributed by atoms with Gasteiger partial charge in [0.25, 0.3) is 0 Å². The van der Waals surface area contributed by atoms with E-state index in [0.29, 0.717) is 51.5 Å². The van der Waals surface area contributed by atoms with Crippen molar-refractivity contribution in [2.24, 2.45) is 0 Å². The van der Waals surface area contributed by atoms with Crippen LogP contribution in [0.3, 0.4) is 0 Å². The van der Waals surface area contributed by atoms with Crippen LogP contribution < -0.4 is 18.9 Å². The molecular weight excluding hydrogens is 594 g/mol. The van der Waals surface area contributed by atoms with Crippen LogP contribution >= 0.6 is 0 Å². The Morgan fingerprint density at radius 2 is 1.09 bits per heavy atom. The monoisotopic (exact) mass is 639 g/mol. The third kappa shape index (κ3) is 7.77. The van der Waals surface area contributed by atoms with Crippen molar-refractivity contribution in [2.45, 2.75) is 61.1 Å². The number of carbonyl (C=O) groups excluding carboxylic acids is 1. The van der Waals surface area contributed by atoms with Crippen LogP contribution in [0.2, 0.25) is 0 Å². The number of hydrogen-bond acceptors (Lipinski definition) is 7. The summed E-state index contributed by atoms with van der Waals surface area (Å²) in [6, 6.07) is 20.9. The number of rotatable bonds is 14. The van der Waals surface area contributed by atoms with Gasteiger partial charge in [0.05, 0.1) is 20.8 Å². The van der Waals surface area contributed by atoms with E-state index in [2.05, 4.69) is 53.4 Å². The number of hydrogen-bond donors (Lipinski definition) is 1. The van der Waals surface area contributed by atoms with Crippen LogP contribution in [0.1, 0.15) is 71.6 Å². The van der Waals surface area contributed by atoms with Crippen molar-refractivity contribution < 1.29 is 33.6 Å². The molecule has 0 unspecified atom stereocenters. The summed E-state index contributed by atoms with van der Waals surface area (Å²) >= 11 is 0. The Balaban J connectivity index is 1.54. The van der Waals surface area contributed by atoms with Gasteiger partial charge in [-0.1, -0.05) is 60.7 Å². The van der Waals surface area contributed by atoms with Gasteiger partial charge in [-0.2, -0.15) is 0 Å². The summed E-state index contributed by atoms with van der Waals surface area (Å²) < 4.78 is 23.6. The molecule has 4 rings (SSSR count). The highest BCUT2D eigenvalue weighted by molar-refractivity contribution is 5.98. The second-order valence-corrected chi connectivity index (χ2v) is 11.8. The SMILES string of the molecule is COc1c(C)c(OC(=O)c2c(C)c(C)c(OCCCN(Cc3ccccc3)Cc3ccccc3)c(C)c2OC)c(C)c(C)c1C(=O)O. The van der Waals surface area contributed by atoms with Crippen LogP contribution in [-0.2, 0) is 13.1 Å². The number of carbonyl (C=O) groups is 2. The summed E-state index contributed by atoms with van der Waals surface area (Å²) in [7, 11) is 2.92. The topological polar surface area (TPSA) is 94.5 Å². The normalized spacial score (nSPS) is 11.0. The maximum Gasteiger partial charge on any atom is 0.347 e. The van der Waals surface area contributed by atoms with Crippen molar-refractivity contribution in [1.29, 1.82) is 0 Å². The summed E-state index contributed by atoms with van der Waals surface area (Å²) in [4.78, 5) is 28.2. The number of methoxy groups -OCH3 is 2. The predicted molar refractivity (Wildman–Crippen MR) is 183 cm³/mol. The fourth-order valence-electron chi connectivity index (χ4n) is 6.09. The first-order chi connectivity index (χ1) is 22.5. The maximum absolute atomic E-state index is 13.8. The first-order valence-electron chi connectivity index (χ1n) is 15.7. The van der Waals surface area contributed by atoms with Crippen LogP contribution in [0.25, 0.3) is 0 Å². The number of nitrogens with zero attached hydrogens (tertiary/aromatic N) is 1. The minimum Gasteiger partial charge on any atom is -0.495 e. The van der Waals surface area contributed by atoms with Crippen molar-refractivity contribution in [2.75, 3.05) is 27.4 Å². The zero-order valence-corrected chi connectivity index (χ0v) is 28.7. The van der Waals surface area contributed by atoms with Crippen molar-refractivity contribution in [1.82, 2.24) is 4.90 Å². The van der Waals surface area contributed by atoms with E-state index in [4.69, 9.17) is 18.9 Å². The highest BCUT2D eigenvalue weighted by Crippen LogP contribution is 2.41. The molecule has 248 valence electrons. The van der Waals surface area contributed by atoms with Gasteiger partial charge in [0.1, 0.15) is 34.1 Å². The summed E-state index contributed by atoms with van der Waals surface area (Å²) in [5.74, 6) is -0.224. The smallest absolute Gasteiger partial charge is 0.347 e. The molecule has 0 atom stereocenters. The number of ether oxygens (including phenoxy) is 4. The average Bonchev–Trinajstić information content (AvgIpc) is 3.06. The Morgan fingerprint density at radius 1 is 0.617 bits per heavy atom. The second kappa shape index (κ2) is 15.6. The summed E-state index contributed by atoms with van der Waals surface area (Å²) in [5, 5.41) is 9.77. The number of esters is 1. The summed E-state index contributed by atoms with van der Waals surface area (Å²) in [5.41, 5.74) is 6.52. The Morgan fingerprint density at radius 3 is 1.60 bits per heavy atom. The van der Waals surface area contributed by atoms with E-state index in [1.165, 1.54) is 25.3 Å². The molecule has 0 spiro atoms. The highest BCUT2D eigenvalue weighted by Gasteiger charge is 2.29. The first kappa shape index (κ1) is 35.0. The van der Waals surface area contributed by atoms with Gasteiger partial charge in [-0.3, -0.25) is 4.90 Å². The lowest BCUT2D eigenvalue weighted by atomic mass is 9.96. The minimum absolute atomic E-state index is 0.0486. The Labute approximate surface area is 277 Å². The van der Waals surface area contributed by atoms with E-state index in [1.54, 1.807) is 20.8 Å². The molecular formula is C39H45NO7. The van der Waals surface area contributed by atoms with Gasteiger partial charge in [-0.25, -0.2) is 9.59 Å². The van der Waals surface area contributed by atoms with E-state index in [9.17, 15) is 14.7 Å². The maximum atomic E-state index is 13.8. The second-order valence-electron chi connectivity index (χ2n) is 11.8. The lowest BCUT2D eigenvalue weighted by molar-refractivity contribution is 0.0692. The summed E-state index contributed by atoms with van der Waals surface area (Å²) in [6.07, 6.45) is 0.801. The quantitative estimate of drug-likeness (QED) is 0.0844. The van der Waals surface area contributed by atoms with Gasteiger partial charge in [0.15, 0.2) is 0 Å². The average molecular weight is 640 g/mol. The van der Waals surface area contributed by atoms with E-state index < -0.39 is 11.9 Å². The molecule has 0 aliphatic heterocycles. The predicted octanol–water partition coefficient (Wildman–Crippen LogP) is 7.94. The van der Waals surface area contributed by atoms with E-state index >= 15 is 0 Å². The van der Waals surface area contributed by atoms with Crippen molar-refractivity contribution in [3.63, 3.8) is 0 Å². The third-order valence-corrected chi connectivity index (χ3v) is 8.76. The van der Waals surface area contributed by atoms with E-state index in [1.807, 2.05) is 32.9 Å². The molecule has 8 heteroatoms. The van der Waals surface area contributed by atoms with Crippen LogP contribution in [0, 0.1) is 41.5 Å².